The number of para-hydroxylation sites is 1. The van der Waals surface area contributed by atoms with Crippen LogP contribution in [0.1, 0.15) is 26.7 Å². The van der Waals surface area contributed by atoms with E-state index in [2.05, 4.69) is 24.2 Å². The number of amidine groups is 1. The van der Waals surface area contributed by atoms with E-state index in [1.807, 2.05) is 42.1 Å². The van der Waals surface area contributed by atoms with Gasteiger partial charge in [0, 0.05) is 5.25 Å². The predicted octanol–water partition coefficient (Wildman–Crippen LogP) is 3.56. The molecule has 1 aromatic rings. The zero-order chi connectivity index (χ0) is 14.2. The van der Waals surface area contributed by atoms with Gasteiger partial charge in [0.05, 0.1) is 13.1 Å². The summed E-state index contributed by atoms with van der Waals surface area (Å²) >= 11 is 1.90. The molecule has 0 fully saturated rings. The van der Waals surface area contributed by atoms with Crippen molar-refractivity contribution in [3.05, 3.63) is 30.3 Å². The van der Waals surface area contributed by atoms with Crippen molar-refractivity contribution < 1.29 is 4.74 Å². The summed E-state index contributed by atoms with van der Waals surface area (Å²) in [5.74, 6) is 1.70. The van der Waals surface area contributed by atoms with E-state index >= 15 is 0 Å². The fourth-order valence-electron chi connectivity index (χ4n) is 2.39. The van der Waals surface area contributed by atoms with Crippen molar-refractivity contribution in [1.82, 2.24) is 5.32 Å². The first-order chi connectivity index (χ1) is 9.83. The lowest BCUT2D eigenvalue weighted by Gasteiger charge is -2.18. The highest BCUT2D eigenvalue weighted by molar-refractivity contribution is 8.14. The summed E-state index contributed by atoms with van der Waals surface area (Å²) < 4.78 is 5.66. The number of aliphatic imine (C=N–C) groups is 1. The first kappa shape index (κ1) is 15.2. The van der Waals surface area contributed by atoms with Crippen molar-refractivity contribution in [2.24, 2.45) is 10.9 Å². The molecule has 1 heterocycles. The molecule has 1 aromatic carbocycles. The third kappa shape index (κ3) is 4.44. The van der Waals surface area contributed by atoms with Gasteiger partial charge in [-0.1, -0.05) is 56.7 Å². The van der Waals surface area contributed by atoms with Crippen LogP contribution in [0.3, 0.4) is 0 Å². The van der Waals surface area contributed by atoms with Crippen LogP contribution >= 0.6 is 11.8 Å². The first-order valence-corrected chi connectivity index (χ1v) is 8.34. The number of hydrogen-bond acceptors (Lipinski definition) is 4. The van der Waals surface area contributed by atoms with Gasteiger partial charge in [-0.25, -0.2) is 0 Å². The van der Waals surface area contributed by atoms with Crippen LogP contribution in [0.2, 0.25) is 0 Å². The van der Waals surface area contributed by atoms with Gasteiger partial charge in [-0.05, 0) is 18.1 Å². The number of ether oxygens (including phenoxy) is 1. The zero-order valence-electron chi connectivity index (χ0n) is 12.3. The number of thioether (sulfide) groups is 1. The van der Waals surface area contributed by atoms with Crippen molar-refractivity contribution in [2.45, 2.75) is 31.9 Å². The molecule has 0 radical (unpaired) electrons. The van der Waals surface area contributed by atoms with Gasteiger partial charge in [-0.3, -0.25) is 4.99 Å². The molecule has 0 aliphatic carbocycles. The molecule has 1 N–H and O–H groups in total. The van der Waals surface area contributed by atoms with Gasteiger partial charge in [0.15, 0.2) is 5.17 Å². The second-order valence-corrected chi connectivity index (χ2v) is 6.19. The summed E-state index contributed by atoms with van der Waals surface area (Å²) in [5, 5.41) is 5.11. The van der Waals surface area contributed by atoms with Crippen LogP contribution < -0.4 is 10.1 Å². The summed E-state index contributed by atoms with van der Waals surface area (Å²) in [4.78, 5) is 4.59. The summed E-state index contributed by atoms with van der Waals surface area (Å²) in [5.41, 5.74) is 0. The van der Waals surface area contributed by atoms with Crippen LogP contribution in [0.4, 0.5) is 0 Å². The van der Waals surface area contributed by atoms with Gasteiger partial charge in [0.1, 0.15) is 12.4 Å². The van der Waals surface area contributed by atoms with Crippen LogP contribution in [0.25, 0.3) is 0 Å². The van der Waals surface area contributed by atoms with Crippen LogP contribution in [0, 0.1) is 5.92 Å². The van der Waals surface area contributed by atoms with Crippen LogP contribution in [0.15, 0.2) is 35.3 Å². The number of hydrogen-bond donors (Lipinski definition) is 1. The largest absolute Gasteiger partial charge is 0.492 e. The zero-order valence-corrected chi connectivity index (χ0v) is 13.2. The highest BCUT2D eigenvalue weighted by Gasteiger charge is 2.25. The summed E-state index contributed by atoms with van der Waals surface area (Å²) in [6.07, 6.45) is 2.49. The Kier molecular flexibility index (Phi) is 6.25. The van der Waals surface area contributed by atoms with Gasteiger partial charge in [0.25, 0.3) is 0 Å². The maximum absolute atomic E-state index is 5.66. The Labute approximate surface area is 126 Å². The normalized spacial score (nSPS) is 18.1. The van der Waals surface area contributed by atoms with Crippen LogP contribution in [0.5, 0.6) is 5.75 Å². The summed E-state index contributed by atoms with van der Waals surface area (Å²) in [7, 11) is 0. The van der Waals surface area contributed by atoms with Gasteiger partial charge in [-0.15, -0.1) is 0 Å². The van der Waals surface area contributed by atoms with Gasteiger partial charge < -0.3 is 10.1 Å². The second-order valence-electron chi connectivity index (χ2n) is 4.97. The fourth-order valence-corrected chi connectivity index (χ4v) is 3.74. The van der Waals surface area contributed by atoms with E-state index in [0.29, 0.717) is 11.9 Å². The van der Waals surface area contributed by atoms with Crippen molar-refractivity contribution in [3.63, 3.8) is 0 Å². The Bertz CT molecular complexity index is 418. The summed E-state index contributed by atoms with van der Waals surface area (Å²) in [6.45, 7) is 6.97. The SMILES string of the molecule is CCC(CC)C1CN=C(NCCOc2ccccc2)S1. The molecule has 4 heteroatoms. The quantitative estimate of drug-likeness (QED) is 0.780. The van der Waals surface area contributed by atoms with Crippen LogP contribution in [-0.4, -0.2) is 30.1 Å². The van der Waals surface area contributed by atoms with Crippen molar-refractivity contribution in [1.29, 1.82) is 0 Å². The maximum Gasteiger partial charge on any atom is 0.157 e. The second kappa shape index (κ2) is 8.20. The minimum absolute atomic E-state index is 0.655. The molecule has 110 valence electrons. The maximum atomic E-state index is 5.66. The molecule has 20 heavy (non-hydrogen) atoms. The van der Waals surface area contributed by atoms with Crippen molar-refractivity contribution >= 4 is 16.9 Å². The Morgan fingerprint density at radius 3 is 2.75 bits per heavy atom. The van der Waals surface area contributed by atoms with E-state index in [1.165, 1.54) is 12.8 Å². The minimum Gasteiger partial charge on any atom is -0.492 e. The molecule has 0 bridgehead atoms. The summed E-state index contributed by atoms with van der Waals surface area (Å²) in [6, 6.07) is 9.92. The van der Waals surface area contributed by atoms with E-state index in [0.717, 1.165) is 29.9 Å². The first-order valence-electron chi connectivity index (χ1n) is 7.46. The third-order valence-electron chi connectivity index (χ3n) is 3.64. The number of nitrogens with zero attached hydrogens (tertiary/aromatic N) is 1. The van der Waals surface area contributed by atoms with E-state index in [4.69, 9.17) is 4.74 Å². The molecular weight excluding hydrogens is 268 g/mol. The third-order valence-corrected chi connectivity index (χ3v) is 4.98. The molecular formula is C16H24N2OS. The minimum atomic E-state index is 0.655. The molecule has 0 spiro atoms. The van der Waals surface area contributed by atoms with Gasteiger partial charge >= 0.3 is 0 Å². The number of rotatable bonds is 7. The predicted molar refractivity (Wildman–Crippen MR) is 87.7 cm³/mol. The lowest BCUT2D eigenvalue weighted by molar-refractivity contribution is 0.323. The molecule has 1 unspecified atom stereocenters. The van der Waals surface area contributed by atoms with Gasteiger partial charge in [0.2, 0.25) is 0 Å². The highest BCUT2D eigenvalue weighted by atomic mass is 32.2. The smallest absolute Gasteiger partial charge is 0.157 e. The van der Waals surface area contributed by atoms with E-state index in [1.54, 1.807) is 0 Å². The molecule has 0 amide bonds. The Morgan fingerprint density at radius 1 is 1.30 bits per heavy atom. The molecule has 0 saturated heterocycles. The monoisotopic (exact) mass is 292 g/mol. The lowest BCUT2D eigenvalue weighted by atomic mass is 9.99. The molecule has 3 nitrogen and oxygen atoms in total. The molecule has 0 saturated carbocycles. The Hall–Kier alpha value is -1.16. The molecule has 2 rings (SSSR count). The standard InChI is InChI=1S/C16H24N2OS/c1-3-13(4-2)15-12-18-16(20-15)17-10-11-19-14-8-6-5-7-9-14/h5-9,13,15H,3-4,10-12H2,1-2H3,(H,17,18). The number of nitrogens with one attached hydrogen (secondary N) is 1. The Morgan fingerprint density at radius 2 is 2.05 bits per heavy atom. The van der Waals surface area contributed by atoms with Gasteiger partial charge in [-0.2, -0.15) is 0 Å². The number of benzene rings is 1. The van der Waals surface area contributed by atoms with E-state index in [9.17, 15) is 0 Å². The lowest BCUT2D eigenvalue weighted by Crippen LogP contribution is -2.26. The molecule has 1 aliphatic rings. The molecule has 1 atom stereocenters. The fraction of sp³-hybridized carbons (Fsp3) is 0.562. The Balaban J connectivity index is 1.64. The highest BCUT2D eigenvalue weighted by Crippen LogP contribution is 2.30. The van der Waals surface area contributed by atoms with Crippen molar-refractivity contribution in [2.75, 3.05) is 19.7 Å². The molecule has 0 aromatic heterocycles. The van der Waals surface area contributed by atoms with E-state index in [-0.39, 0.29) is 0 Å². The van der Waals surface area contributed by atoms with Crippen LogP contribution in [-0.2, 0) is 0 Å². The van der Waals surface area contributed by atoms with E-state index < -0.39 is 0 Å². The molecule has 1 aliphatic heterocycles. The van der Waals surface area contributed by atoms with Crippen molar-refractivity contribution in [3.8, 4) is 5.75 Å². The average Bonchev–Trinajstić information content (AvgIpc) is 2.95. The average molecular weight is 292 g/mol. The topological polar surface area (TPSA) is 33.6 Å².